The predicted molar refractivity (Wildman–Crippen MR) is 110 cm³/mol. The molecule has 0 aromatic rings. The molecule has 16 nitrogen and oxygen atoms in total. The number of aldehydes is 2. The molecule has 12 N–H and O–H groups in total. The van der Waals surface area contributed by atoms with Gasteiger partial charge in [0, 0.05) is 0 Å². The van der Waals surface area contributed by atoms with Crippen molar-refractivity contribution in [3.8, 4) is 0 Å². The van der Waals surface area contributed by atoms with E-state index in [0.29, 0.717) is 0 Å². The third-order valence-electron chi connectivity index (χ3n) is 4.60. The van der Waals surface area contributed by atoms with Crippen LogP contribution in [0.4, 0.5) is 0 Å². The number of hydrogen-bond donors (Lipinski definition) is 10. The summed E-state index contributed by atoms with van der Waals surface area (Å²) in [6.45, 7) is 0. The second-order valence-electron chi connectivity index (χ2n) is 7.28. The maximum atomic E-state index is 10.1. The van der Waals surface area contributed by atoms with Crippen LogP contribution in [0.1, 0.15) is 25.7 Å². The molecule has 10 atom stereocenters. The molecule has 35 heavy (non-hydrogen) atoms. The molecule has 1 aliphatic carbocycles. The normalized spacial score (nSPS) is 23.9. The molecule has 8 unspecified atom stereocenters. The van der Waals surface area contributed by atoms with Crippen molar-refractivity contribution >= 4 is 24.5 Å². The largest absolute Gasteiger partial charge is 2.00 e. The van der Waals surface area contributed by atoms with Crippen LogP contribution in [0.5, 0.6) is 0 Å². The molecule has 0 saturated heterocycles. The number of hydrogen-bond acceptors (Lipinski definition) is 12. The average molecular weight is 696 g/mol. The van der Waals surface area contributed by atoms with Gasteiger partial charge < -0.3 is 72.1 Å². The van der Waals surface area contributed by atoms with Gasteiger partial charge in [-0.25, -0.2) is 9.59 Å². The summed E-state index contributed by atoms with van der Waals surface area (Å²) in [5.41, 5.74) is 14.6. The van der Waals surface area contributed by atoms with E-state index < -0.39 is 60.8 Å². The summed E-state index contributed by atoms with van der Waals surface area (Å²) in [7, 11) is 0. The average Bonchev–Trinajstić information content (AvgIpc) is 2.82. The number of carbonyl (C=O) groups is 4. The van der Waals surface area contributed by atoms with E-state index in [0.717, 1.165) is 12.8 Å². The molecule has 0 aliphatic heterocycles. The SMILES string of the molecule is O=CC(O)C(O)C(O)C(O)C(=O)O.O=CC(O)C(O)C(O)C(O)C(=O)O.[NH-][C@H]1CCCC[C@@H]1[NH-].[Pt+2]. The molecule has 0 amide bonds. The summed E-state index contributed by atoms with van der Waals surface area (Å²) in [5, 5.41) is 86.4. The Kier molecular flexibility index (Phi) is 21.5. The number of aliphatic hydroxyl groups excluding tert-OH is 8. The number of rotatable bonds is 10. The molecule has 1 saturated carbocycles. The Morgan fingerprint density at radius 3 is 1.06 bits per heavy atom. The molecular weight excluding hydrogens is 663 g/mol. The van der Waals surface area contributed by atoms with Crippen LogP contribution in [0.15, 0.2) is 0 Å². The van der Waals surface area contributed by atoms with Gasteiger partial charge in [-0.05, 0) is 0 Å². The first-order valence-electron chi connectivity index (χ1n) is 9.86. The van der Waals surface area contributed by atoms with Crippen molar-refractivity contribution < 1.29 is 91.3 Å². The Hall–Kier alpha value is -1.43. The van der Waals surface area contributed by atoms with Gasteiger partial charge in [0.2, 0.25) is 0 Å². The van der Waals surface area contributed by atoms with Crippen molar-refractivity contribution in [1.29, 1.82) is 0 Å². The van der Waals surface area contributed by atoms with Crippen molar-refractivity contribution in [3.63, 3.8) is 0 Å². The maximum Gasteiger partial charge on any atom is 2.00 e. The molecular formula is C18H32N2O14Pt. The third-order valence-corrected chi connectivity index (χ3v) is 4.60. The van der Waals surface area contributed by atoms with E-state index in [1.165, 1.54) is 12.8 Å². The summed E-state index contributed by atoms with van der Waals surface area (Å²) in [6.07, 6.45) is -12.5. The molecule has 0 aromatic heterocycles. The summed E-state index contributed by atoms with van der Waals surface area (Å²) in [5.74, 6) is -3.52. The quantitative estimate of drug-likeness (QED) is 0.0970. The molecule has 1 fully saturated rings. The standard InChI is InChI=1S/C6H12N2.2C6H10O7.Pt/c7-5-3-1-2-4-6(5)8;2*7-1-2(8)3(9)4(10)5(11)6(12)13;/h5-8H,1-4H2;2*1-5,8-11H,(H,12,13);/q-2;;;+2/t5-,6-;;;/m0.../s1. The van der Waals surface area contributed by atoms with E-state index in [1.54, 1.807) is 0 Å². The first-order valence-corrected chi connectivity index (χ1v) is 9.86. The first kappa shape index (κ1) is 38.1. The topological polar surface area (TPSA) is 318 Å². The number of carboxylic acids is 2. The summed E-state index contributed by atoms with van der Waals surface area (Å²) >= 11 is 0. The van der Waals surface area contributed by atoms with Crippen molar-refractivity contribution in [3.05, 3.63) is 11.5 Å². The fraction of sp³-hybridized carbons (Fsp3) is 0.778. The van der Waals surface area contributed by atoms with Crippen LogP contribution in [-0.2, 0) is 40.2 Å². The van der Waals surface area contributed by atoms with Crippen LogP contribution in [0, 0.1) is 0 Å². The zero-order chi connectivity index (χ0) is 27.2. The van der Waals surface area contributed by atoms with Gasteiger partial charge in [-0.3, -0.25) is 0 Å². The predicted octanol–water partition coefficient (Wildman–Crippen LogP) is -4.17. The Balaban J connectivity index is -0.000000444. The molecule has 0 bridgehead atoms. The third kappa shape index (κ3) is 14.7. The Morgan fingerprint density at radius 1 is 0.629 bits per heavy atom. The van der Waals surface area contributed by atoms with E-state index in [2.05, 4.69) is 0 Å². The van der Waals surface area contributed by atoms with Crippen LogP contribution in [0.2, 0.25) is 0 Å². The van der Waals surface area contributed by atoms with Crippen LogP contribution >= 0.6 is 0 Å². The zero-order valence-electron chi connectivity index (χ0n) is 18.2. The fourth-order valence-corrected chi connectivity index (χ4v) is 2.36. The number of nitrogens with one attached hydrogen (secondary N) is 2. The van der Waals surface area contributed by atoms with Gasteiger partial charge in [-0.1, -0.05) is 25.7 Å². The van der Waals surface area contributed by atoms with Crippen molar-refractivity contribution in [2.75, 3.05) is 0 Å². The van der Waals surface area contributed by atoms with Gasteiger partial charge in [-0.15, -0.1) is 0 Å². The molecule has 0 aromatic carbocycles. The molecule has 17 heteroatoms. The molecule has 0 radical (unpaired) electrons. The van der Waals surface area contributed by atoms with Crippen molar-refractivity contribution in [1.82, 2.24) is 0 Å². The summed E-state index contributed by atoms with van der Waals surface area (Å²) in [4.78, 5) is 39.9. The van der Waals surface area contributed by atoms with E-state index >= 15 is 0 Å². The second-order valence-corrected chi connectivity index (χ2v) is 7.28. The van der Waals surface area contributed by atoms with Crippen LogP contribution < -0.4 is 0 Å². The number of aliphatic carboxylic acids is 2. The van der Waals surface area contributed by atoms with Gasteiger partial charge in [0.1, 0.15) is 36.6 Å². The van der Waals surface area contributed by atoms with Crippen molar-refractivity contribution in [2.24, 2.45) is 0 Å². The maximum absolute atomic E-state index is 10.1. The summed E-state index contributed by atoms with van der Waals surface area (Å²) in [6, 6.07) is -0.160. The molecule has 1 aliphatic rings. The summed E-state index contributed by atoms with van der Waals surface area (Å²) < 4.78 is 0. The van der Waals surface area contributed by atoms with Gasteiger partial charge in [0.05, 0.1) is 0 Å². The van der Waals surface area contributed by atoms with E-state index in [4.69, 9.17) is 62.5 Å². The van der Waals surface area contributed by atoms with Crippen molar-refractivity contribution in [2.45, 2.75) is 86.6 Å². The van der Waals surface area contributed by atoms with Gasteiger partial charge in [0.25, 0.3) is 0 Å². The number of aliphatic hydroxyl groups is 8. The van der Waals surface area contributed by atoms with Gasteiger partial charge >= 0.3 is 33.0 Å². The molecule has 0 heterocycles. The smallest absolute Gasteiger partial charge is 0.676 e. The van der Waals surface area contributed by atoms with Crippen LogP contribution in [-0.4, -0.2) is 136 Å². The monoisotopic (exact) mass is 695 g/mol. The molecule has 208 valence electrons. The zero-order valence-corrected chi connectivity index (χ0v) is 20.5. The first-order chi connectivity index (χ1) is 15.6. The Morgan fingerprint density at radius 2 is 0.886 bits per heavy atom. The minimum absolute atomic E-state index is 0. The number of carbonyl (C=O) groups excluding carboxylic acids is 2. The fourth-order valence-electron chi connectivity index (χ4n) is 2.36. The van der Waals surface area contributed by atoms with Gasteiger partial charge in [0.15, 0.2) is 24.8 Å². The van der Waals surface area contributed by atoms with Crippen LogP contribution in [0.3, 0.4) is 0 Å². The number of carboxylic acid groups (broad SMARTS) is 2. The van der Waals surface area contributed by atoms with Crippen LogP contribution in [0.25, 0.3) is 11.5 Å². The Bertz CT molecular complexity index is 578. The molecule has 0 spiro atoms. The van der Waals surface area contributed by atoms with E-state index in [9.17, 15) is 19.2 Å². The van der Waals surface area contributed by atoms with E-state index in [1.807, 2.05) is 0 Å². The minimum atomic E-state index is -2.25. The Labute approximate surface area is 214 Å². The van der Waals surface area contributed by atoms with Gasteiger partial charge in [-0.2, -0.15) is 12.1 Å². The molecule has 1 rings (SSSR count). The minimum Gasteiger partial charge on any atom is -0.676 e. The van der Waals surface area contributed by atoms with E-state index in [-0.39, 0.29) is 45.7 Å². The second kappa shape index (κ2) is 19.7.